The van der Waals surface area contributed by atoms with Gasteiger partial charge in [0.1, 0.15) is 18.1 Å². The van der Waals surface area contributed by atoms with Gasteiger partial charge in [-0.15, -0.1) is 0 Å². The van der Waals surface area contributed by atoms with E-state index >= 15 is 0 Å². The van der Waals surface area contributed by atoms with Crippen LogP contribution in [0.3, 0.4) is 0 Å². The number of rotatable bonds is 14. The Kier molecular flexibility index (Phi) is 11.8. The fourth-order valence-electron chi connectivity index (χ4n) is 4.50. The number of benzene rings is 1. The number of likely N-dealkylation sites (tertiary alicyclic amines) is 1. The molecule has 8 heteroatoms. The largest absolute Gasteiger partial charge is 0.493 e. The van der Waals surface area contributed by atoms with Crippen molar-refractivity contribution in [2.75, 3.05) is 27.3 Å². The minimum Gasteiger partial charge on any atom is -0.493 e. The molecule has 1 aliphatic rings. The highest BCUT2D eigenvalue weighted by Gasteiger charge is 2.37. The second kappa shape index (κ2) is 14.1. The molecule has 0 saturated carbocycles. The van der Waals surface area contributed by atoms with Crippen LogP contribution in [0.25, 0.3) is 5.70 Å². The van der Waals surface area contributed by atoms with E-state index in [-0.39, 0.29) is 18.4 Å². The lowest BCUT2D eigenvalue weighted by Gasteiger charge is -2.31. The number of ether oxygens (including phenoxy) is 2. The van der Waals surface area contributed by atoms with Crippen molar-refractivity contribution in [3.8, 4) is 5.75 Å². The second-order valence-corrected chi connectivity index (χ2v) is 9.47. The van der Waals surface area contributed by atoms with Crippen LogP contribution in [0.5, 0.6) is 5.75 Å². The molecule has 0 bridgehead atoms. The number of hydrogen-bond acceptors (Lipinski definition) is 4. The zero-order valence-corrected chi connectivity index (χ0v) is 21.8. The zero-order chi connectivity index (χ0) is 26.0. The highest BCUT2D eigenvalue weighted by atomic mass is 19.4. The topological polar surface area (TPSA) is 33.7 Å². The van der Waals surface area contributed by atoms with Crippen molar-refractivity contribution < 1.29 is 27.0 Å². The molecule has 0 aromatic heterocycles. The monoisotopic (exact) mass is 502 g/mol. The van der Waals surface area contributed by atoms with Crippen LogP contribution in [-0.4, -0.2) is 50.7 Å². The SMILES string of the molecule is CCCCCCCCOc1ccc(/C(NC(OC)C2CC(F)CN2C)=C(/C)CC)cc1C(F)(F)F. The van der Waals surface area contributed by atoms with E-state index in [1.165, 1.54) is 19.6 Å². The van der Waals surface area contributed by atoms with Gasteiger partial charge in [-0.25, -0.2) is 4.39 Å². The Morgan fingerprint density at radius 3 is 2.40 bits per heavy atom. The van der Waals surface area contributed by atoms with Crippen molar-refractivity contribution in [2.24, 2.45) is 0 Å². The standard InChI is InChI=1S/C27H42F4N2O2/c1-6-8-9-10-11-12-15-35-24-14-13-20(16-22(24)27(29,30)31)25(19(3)7-2)32-26(34-5)23-17-21(28)18-33(23)4/h13-14,16,21,23,26,32H,6-12,15,17-18H2,1-5H3/b25-19+. The summed E-state index contributed by atoms with van der Waals surface area (Å²) in [6.45, 7) is 6.53. The number of nitrogens with one attached hydrogen (secondary N) is 1. The third kappa shape index (κ3) is 8.67. The van der Waals surface area contributed by atoms with E-state index in [9.17, 15) is 17.6 Å². The van der Waals surface area contributed by atoms with Crippen LogP contribution in [0.4, 0.5) is 17.6 Å². The van der Waals surface area contributed by atoms with Gasteiger partial charge in [0.25, 0.3) is 0 Å². The first-order valence-electron chi connectivity index (χ1n) is 12.8. The Bertz CT molecular complexity index is 813. The minimum absolute atomic E-state index is 0.151. The normalized spacial score (nSPS) is 20.6. The van der Waals surface area contributed by atoms with Crippen molar-refractivity contribution >= 4 is 5.70 Å². The molecular formula is C27H42F4N2O2. The summed E-state index contributed by atoms with van der Waals surface area (Å²) in [4.78, 5) is 1.88. The Balaban J connectivity index is 2.23. The number of allylic oxidation sites excluding steroid dienone is 1. The average Bonchev–Trinajstić information content (AvgIpc) is 3.16. The van der Waals surface area contributed by atoms with Crippen molar-refractivity contribution in [1.82, 2.24) is 10.2 Å². The third-order valence-electron chi connectivity index (χ3n) is 6.73. The highest BCUT2D eigenvalue weighted by Crippen LogP contribution is 2.38. The van der Waals surface area contributed by atoms with E-state index in [4.69, 9.17) is 9.47 Å². The molecule has 1 aliphatic heterocycles. The van der Waals surface area contributed by atoms with Gasteiger partial charge >= 0.3 is 6.18 Å². The quantitative estimate of drug-likeness (QED) is 0.166. The summed E-state index contributed by atoms with van der Waals surface area (Å²) in [6.07, 6.45) is 1.09. The van der Waals surface area contributed by atoms with Crippen LogP contribution < -0.4 is 10.1 Å². The van der Waals surface area contributed by atoms with Crippen molar-refractivity contribution in [3.63, 3.8) is 0 Å². The molecular weight excluding hydrogens is 460 g/mol. The zero-order valence-electron chi connectivity index (χ0n) is 21.8. The number of halogens is 4. The minimum atomic E-state index is -4.55. The van der Waals surface area contributed by atoms with Gasteiger partial charge in [-0.1, -0.05) is 46.0 Å². The highest BCUT2D eigenvalue weighted by molar-refractivity contribution is 5.68. The van der Waals surface area contributed by atoms with Gasteiger partial charge in [0.15, 0.2) is 0 Å². The number of alkyl halides is 4. The van der Waals surface area contributed by atoms with Crippen LogP contribution in [-0.2, 0) is 10.9 Å². The maximum Gasteiger partial charge on any atom is 0.419 e. The lowest BCUT2D eigenvalue weighted by atomic mass is 10.0. The molecule has 2 rings (SSSR count). The first-order valence-corrected chi connectivity index (χ1v) is 12.8. The van der Waals surface area contributed by atoms with E-state index < -0.39 is 24.1 Å². The van der Waals surface area contributed by atoms with Gasteiger partial charge in [0.05, 0.1) is 18.2 Å². The molecule has 35 heavy (non-hydrogen) atoms. The lowest BCUT2D eigenvalue weighted by Crippen LogP contribution is -2.46. The molecule has 1 aromatic carbocycles. The molecule has 1 saturated heterocycles. The van der Waals surface area contributed by atoms with Crippen LogP contribution in [0.15, 0.2) is 23.8 Å². The first kappa shape index (κ1) is 29.4. The van der Waals surface area contributed by atoms with Gasteiger partial charge in [0.2, 0.25) is 0 Å². The number of unbranched alkanes of at least 4 members (excludes halogenated alkanes) is 5. The molecule has 0 radical (unpaired) electrons. The first-order chi connectivity index (χ1) is 16.6. The number of methoxy groups -OCH3 is 1. The second-order valence-electron chi connectivity index (χ2n) is 9.47. The summed E-state index contributed by atoms with van der Waals surface area (Å²) in [7, 11) is 3.35. The fraction of sp³-hybridized carbons (Fsp3) is 0.704. The van der Waals surface area contributed by atoms with Crippen LogP contribution in [0.2, 0.25) is 0 Å². The van der Waals surface area contributed by atoms with Crippen LogP contribution >= 0.6 is 0 Å². The number of likely N-dealkylation sites (N-methyl/N-ethyl adjacent to an activating group) is 1. The number of nitrogens with zero attached hydrogens (tertiary/aromatic N) is 1. The van der Waals surface area contributed by atoms with E-state index in [2.05, 4.69) is 12.2 Å². The molecule has 0 aliphatic carbocycles. The predicted molar refractivity (Wildman–Crippen MR) is 133 cm³/mol. The Morgan fingerprint density at radius 1 is 1.14 bits per heavy atom. The lowest BCUT2D eigenvalue weighted by molar-refractivity contribution is -0.139. The smallest absolute Gasteiger partial charge is 0.419 e. The number of hydrogen-bond donors (Lipinski definition) is 1. The average molecular weight is 503 g/mol. The summed E-state index contributed by atoms with van der Waals surface area (Å²) >= 11 is 0. The fourth-order valence-corrected chi connectivity index (χ4v) is 4.50. The van der Waals surface area contributed by atoms with Gasteiger partial charge < -0.3 is 14.8 Å². The van der Waals surface area contributed by atoms with Crippen molar-refractivity contribution in [1.29, 1.82) is 0 Å². The molecule has 0 amide bonds. The van der Waals surface area contributed by atoms with Crippen molar-refractivity contribution in [2.45, 2.75) is 96.8 Å². The Morgan fingerprint density at radius 2 is 1.83 bits per heavy atom. The molecule has 1 heterocycles. The van der Waals surface area contributed by atoms with E-state index in [0.717, 1.165) is 43.7 Å². The summed E-state index contributed by atoms with van der Waals surface area (Å²) < 4.78 is 67.1. The van der Waals surface area contributed by atoms with E-state index in [0.29, 0.717) is 30.6 Å². The van der Waals surface area contributed by atoms with Gasteiger partial charge in [-0.2, -0.15) is 13.2 Å². The third-order valence-corrected chi connectivity index (χ3v) is 6.73. The molecule has 0 spiro atoms. The molecule has 4 nitrogen and oxygen atoms in total. The molecule has 1 N–H and O–H groups in total. The van der Waals surface area contributed by atoms with E-state index in [1.54, 1.807) is 6.07 Å². The summed E-state index contributed by atoms with van der Waals surface area (Å²) in [5, 5.41) is 3.28. The summed E-state index contributed by atoms with van der Waals surface area (Å²) in [6, 6.07) is 3.97. The molecule has 1 aromatic rings. The van der Waals surface area contributed by atoms with Crippen LogP contribution in [0, 0.1) is 0 Å². The summed E-state index contributed by atoms with van der Waals surface area (Å²) in [5.74, 6) is -0.151. The molecule has 3 unspecified atom stereocenters. The molecule has 200 valence electrons. The summed E-state index contributed by atoms with van der Waals surface area (Å²) in [5.41, 5.74) is 1.07. The Hall–Kier alpha value is -1.80. The maximum absolute atomic E-state index is 14.0. The van der Waals surface area contributed by atoms with Crippen LogP contribution in [0.1, 0.15) is 83.3 Å². The molecule has 1 fully saturated rings. The molecule has 3 atom stereocenters. The maximum atomic E-state index is 14.0. The van der Waals surface area contributed by atoms with Crippen molar-refractivity contribution in [3.05, 3.63) is 34.9 Å². The Labute approximate surface area is 208 Å². The van der Waals surface area contributed by atoms with Gasteiger partial charge in [-0.05, 0) is 62.6 Å². The van der Waals surface area contributed by atoms with E-state index in [1.807, 2.05) is 25.8 Å². The van der Waals surface area contributed by atoms with Gasteiger partial charge in [0, 0.05) is 19.4 Å². The van der Waals surface area contributed by atoms with Gasteiger partial charge in [-0.3, -0.25) is 4.90 Å². The predicted octanol–water partition coefficient (Wildman–Crippen LogP) is 7.19.